The number of amides is 1. The van der Waals surface area contributed by atoms with Gasteiger partial charge in [0.2, 0.25) is 5.91 Å². The van der Waals surface area contributed by atoms with Crippen LogP contribution in [0.25, 0.3) is 11.3 Å². The lowest BCUT2D eigenvalue weighted by Crippen LogP contribution is -2.10. The molecule has 0 saturated heterocycles. The van der Waals surface area contributed by atoms with E-state index in [0.29, 0.717) is 11.3 Å². The predicted molar refractivity (Wildman–Crippen MR) is 67.3 cm³/mol. The number of nitrogens with two attached hydrogens (primary N) is 2. The summed E-state index contributed by atoms with van der Waals surface area (Å²) < 4.78 is 0. The maximum Gasteiger partial charge on any atom is 0.248 e. The first-order chi connectivity index (χ1) is 8.08. The van der Waals surface area contributed by atoms with Crippen molar-refractivity contribution in [3.05, 3.63) is 47.7 Å². The average Bonchev–Trinajstić information content (AvgIpc) is 2.29. The van der Waals surface area contributed by atoms with Crippen molar-refractivity contribution >= 4 is 11.6 Å². The lowest BCUT2D eigenvalue weighted by atomic mass is 10.0. The topological polar surface area (TPSA) is 82.0 Å². The summed E-state index contributed by atoms with van der Waals surface area (Å²) in [4.78, 5) is 15.4. The molecule has 0 aliphatic carbocycles. The molecule has 4 nitrogen and oxygen atoms in total. The molecule has 4 heteroatoms. The number of anilines is 1. The Morgan fingerprint density at radius 3 is 2.71 bits per heavy atom. The Morgan fingerprint density at radius 2 is 2.06 bits per heavy atom. The zero-order valence-electron chi connectivity index (χ0n) is 9.47. The summed E-state index contributed by atoms with van der Waals surface area (Å²) in [5.41, 5.74) is 14.6. The Morgan fingerprint density at radius 1 is 1.29 bits per heavy atom. The zero-order chi connectivity index (χ0) is 12.4. The molecule has 1 aromatic heterocycles. The minimum absolute atomic E-state index is 0.444. The third-order valence-corrected chi connectivity index (χ3v) is 2.52. The van der Waals surface area contributed by atoms with E-state index in [4.69, 9.17) is 11.5 Å². The second-order valence-corrected chi connectivity index (χ2v) is 3.88. The van der Waals surface area contributed by atoms with E-state index in [0.717, 1.165) is 16.8 Å². The molecule has 2 aromatic rings. The first-order valence-corrected chi connectivity index (χ1v) is 5.20. The number of rotatable bonds is 2. The molecule has 1 heterocycles. The summed E-state index contributed by atoms with van der Waals surface area (Å²) in [5, 5.41) is 0. The third-order valence-electron chi connectivity index (χ3n) is 2.52. The van der Waals surface area contributed by atoms with Crippen LogP contribution in [0, 0.1) is 6.92 Å². The Hall–Kier alpha value is -2.36. The average molecular weight is 227 g/mol. The molecule has 0 bridgehead atoms. The summed E-state index contributed by atoms with van der Waals surface area (Å²) in [6, 6.07) is 8.93. The number of carbonyl (C=O) groups excluding carboxylic acids is 1. The third kappa shape index (κ3) is 2.25. The molecule has 0 spiro atoms. The van der Waals surface area contributed by atoms with E-state index >= 15 is 0 Å². The van der Waals surface area contributed by atoms with Crippen LogP contribution in [-0.4, -0.2) is 10.9 Å². The van der Waals surface area contributed by atoms with Gasteiger partial charge in [-0.3, -0.25) is 9.78 Å². The van der Waals surface area contributed by atoms with Gasteiger partial charge in [-0.2, -0.15) is 0 Å². The van der Waals surface area contributed by atoms with Gasteiger partial charge >= 0.3 is 0 Å². The van der Waals surface area contributed by atoms with Crippen LogP contribution in [0.1, 0.15) is 15.9 Å². The van der Waals surface area contributed by atoms with Crippen LogP contribution in [0.3, 0.4) is 0 Å². The maximum atomic E-state index is 11.1. The largest absolute Gasteiger partial charge is 0.397 e. The minimum Gasteiger partial charge on any atom is -0.397 e. The van der Waals surface area contributed by atoms with Crippen molar-refractivity contribution in [3.63, 3.8) is 0 Å². The Balaban J connectivity index is 2.53. The fraction of sp³-hybridized carbons (Fsp3) is 0.0769. The highest BCUT2D eigenvalue weighted by Crippen LogP contribution is 2.23. The molecule has 0 fully saturated rings. The molecule has 1 aromatic carbocycles. The quantitative estimate of drug-likeness (QED) is 0.819. The predicted octanol–water partition coefficient (Wildman–Crippen LogP) is 1.74. The fourth-order valence-electron chi connectivity index (χ4n) is 1.72. The van der Waals surface area contributed by atoms with Gasteiger partial charge in [-0.1, -0.05) is 12.1 Å². The van der Waals surface area contributed by atoms with Crippen molar-refractivity contribution in [2.45, 2.75) is 6.92 Å². The first-order valence-electron chi connectivity index (χ1n) is 5.20. The van der Waals surface area contributed by atoms with Crippen LogP contribution in [0.5, 0.6) is 0 Å². The molecule has 2 rings (SSSR count). The highest BCUT2D eigenvalue weighted by Gasteiger charge is 2.06. The van der Waals surface area contributed by atoms with E-state index in [9.17, 15) is 4.79 Å². The van der Waals surface area contributed by atoms with E-state index in [2.05, 4.69) is 4.98 Å². The molecule has 17 heavy (non-hydrogen) atoms. The highest BCUT2D eigenvalue weighted by atomic mass is 16.1. The summed E-state index contributed by atoms with van der Waals surface area (Å²) in [5.74, 6) is -0.444. The molecule has 0 aliphatic heterocycles. The van der Waals surface area contributed by atoms with Crippen molar-refractivity contribution in [1.82, 2.24) is 4.98 Å². The fourth-order valence-corrected chi connectivity index (χ4v) is 1.72. The Kier molecular flexibility index (Phi) is 2.78. The van der Waals surface area contributed by atoms with Gasteiger partial charge in [0.15, 0.2) is 0 Å². The van der Waals surface area contributed by atoms with Crippen LogP contribution in [0.2, 0.25) is 0 Å². The van der Waals surface area contributed by atoms with Crippen molar-refractivity contribution in [2.75, 3.05) is 5.73 Å². The van der Waals surface area contributed by atoms with Gasteiger partial charge < -0.3 is 11.5 Å². The number of carbonyl (C=O) groups is 1. The highest BCUT2D eigenvalue weighted by molar-refractivity contribution is 5.94. The van der Waals surface area contributed by atoms with Gasteiger partial charge in [0, 0.05) is 11.1 Å². The Bertz CT molecular complexity index is 579. The van der Waals surface area contributed by atoms with Crippen LogP contribution >= 0.6 is 0 Å². The molecule has 0 unspecified atom stereocenters. The zero-order valence-corrected chi connectivity index (χ0v) is 9.47. The van der Waals surface area contributed by atoms with Crippen molar-refractivity contribution in [2.24, 2.45) is 5.73 Å². The van der Waals surface area contributed by atoms with Gasteiger partial charge in [0.1, 0.15) is 0 Å². The van der Waals surface area contributed by atoms with E-state index in [1.54, 1.807) is 24.4 Å². The number of hydrogen-bond donors (Lipinski definition) is 2. The summed E-state index contributed by atoms with van der Waals surface area (Å²) in [6.45, 7) is 1.93. The van der Waals surface area contributed by atoms with Gasteiger partial charge in [-0.05, 0) is 30.7 Å². The molecule has 0 saturated carbocycles. The standard InChI is InChI=1S/C13H13N3O/c1-8-5-11(14)7-16-12(8)9-3-2-4-10(6-9)13(15)17/h2-7H,14H2,1H3,(H2,15,17). The number of aromatic nitrogens is 1. The molecule has 1 amide bonds. The number of nitrogens with zero attached hydrogens (tertiary/aromatic N) is 1. The second-order valence-electron chi connectivity index (χ2n) is 3.88. The molecule has 4 N–H and O–H groups in total. The minimum atomic E-state index is -0.444. The number of primary amides is 1. The first kappa shape index (κ1) is 11.1. The monoisotopic (exact) mass is 227 g/mol. The summed E-state index contributed by atoms with van der Waals surface area (Å²) in [6.07, 6.45) is 1.60. The lowest BCUT2D eigenvalue weighted by molar-refractivity contribution is 0.100. The molecular formula is C13H13N3O. The Labute approximate surface area is 99.3 Å². The van der Waals surface area contributed by atoms with Crippen LogP contribution in [0.15, 0.2) is 36.5 Å². The van der Waals surface area contributed by atoms with Crippen molar-refractivity contribution in [3.8, 4) is 11.3 Å². The van der Waals surface area contributed by atoms with Crippen LogP contribution in [0.4, 0.5) is 5.69 Å². The molecule has 0 radical (unpaired) electrons. The molecule has 86 valence electrons. The molecule has 0 atom stereocenters. The van der Waals surface area contributed by atoms with E-state index in [1.807, 2.05) is 19.1 Å². The lowest BCUT2D eigenvalue weighted by Gasteiger charge is -2.06. The van der Waals surface area contributed by atoms with Gasteiger partial charge in [0.25, 0.3) is 0 Å². The van der Waals surface area contributed by atoms with E-state index in [1.165, 1.54) is 0 Å². The van der Waals surface area contributed by atoms with Gasteiger partial charge in [-0.25, -0.2) is 0 Å². The number of hydrogen-bond acceptors (Lipinski definition) is 3. The number of pyridine rings is 1. The van der Waals surface area contributed by atoms with Crippen molar-refractivity contribution in [1.29, 1.82) is 0 Å². The second kappa shape index (κ2) is 4.25. The van der Waals surface area contributed by atoms with Crippen LogP contribution in [-0.2, 0) is 0 Å². The summed E-state index contributed by atoms with van der Waals surface area (Å²) in [7, 11) is 0. The van der Waals surface area contributed by atoms with Crippen LogP contribution < -0.4 is 11.5 Å². The van der Waals surface area contributed by atoms with Gasteiger partial charge in [-0.15, -0.1) is 0 Å². The molecular weight excluding hydrogens is 214 g/mol. The number of aryl methyl sites for hydroxylation is 1. The normalized spacial score (nSPS) is 10.2. The molecule has 0 aliphatic rings. The van der Waals surface area contributed by atoms with E-state index in [-0.39, 0.29) is 0 Å². The smallest absolute Gasteiger partial charge is 0.248 e. The van der Waals surface area contributed by atoms with E-state index < -0.39 is 5.91 Å². The van der Waals surface area contributed by atoms with Crippen molar-refractivity contribution < 1.29 is 4.79 Å². The number of nitrogen functional groups attached to an aromatic ring is 1. The maximum absolute atomic E-state index is 11.1. The van der Waals surface area contributed by atoms with Gasteiger partial charge in [0.05, 0.1) is 17.6 Å². The number of benzene rings is 1. The SMILES string of the molecule is Cc1cc(N)cnc1-c1cccc(C(N)=O)c1. The summed E-state index contributed by atoms with van der Waals surface area (Å²) >= 11 is 0.